The molecule has 1 spiro atoms. The molecule has 4 heterocycles. The summed E-state index contributed by atoms with van der Waals surface area (Å²) in [6, 6.07) is 0. The Labute approximate surface area is 291 Å². The molecule has 19 unspecified atom stereocenters. The minimum absolute atomic E-state index is 0.0436. The number of hydrogen-bond donors (Lipinski definition) is 6. The Morgan fingerprint density at radius 1 is 0.900 bits per heavy atom. The SMILES string of the molecule is COC1C(O)C(OC2CCC3(C)C(C2)CC2OC24C3CCC2(C)C(C3=CC(=O)OC3)CCC24O)OC(C)C1OC1OC(CO)C(O)C(O)C1O. The molecule has 4 aliphatic heterocycles. The third-order valence-corrected chi connectivity index (χ3v) is 14.8. The number of fused-ring (bicyclic) bond motifs is 3. The van der Waals surface area contributed by atoms with E-state index >= 15 is 0 Å². The van der Waals surface area contributed by atoms with Crippen LogP contribution in [0.25, 0.3) is 0 Å². The van der Waals surface area contributed by atoms with Gasteiger partial charge in [-0.2, -0.15) is 0 Å². The molecule has 14 nitrogen and oxygen atoms in total. The highest BCUT2D eigenvalue weighted by molar-refractivity contribution is 5.85. The lowest BCUT2D eigenvalue weighted by molar-refractivity contribution is -0.362. The van der Waals surface area contributed by atoms with Crippen LogP contribution in [0.4, 0.5) is 0 Å². The number of carbonyl (C=O) groups excluding carboxylic acids is 1. The standard InChI is InChI=1S/C36H54O14/c1-16-29(49-31-27(41)26(40)25(39)21(14-37)48-31)30(44-4)28(42)32(46-16)47-19-5-8-33(2)18(12-19)13-23-36(50-23)22(33)7-9-34(3)20(6-10-35(34,36)43)17-11-24(38)45-15-17/h11,16,18-23,25-32,37,39-43H,5-10,12-15H2,1-4H3. The van der Waals surface area contributed by atoms with E-state index in [1.54, 1.807) is 13.0 Å². The molecule has 0 radical (unpaired) electrons. The number of cyclic esters (lactones) is 1. The predicted octanol–water partition coefficient (Wildman–Crippen LogP) is 0.0657. The van der Waals surface area contributed by atoms with E-state index in [1.165, 1.54) is 7.11 Å². The average Bonchev–Trinajstić information content (AvgIpc) is 3.53. The Morgan fingerprint density at radius 3 is 2.36 bits per heavy atom. The second kappa shape index (κ2) is 12.4. The Balaban J connectivity index is 0.933. The molecular formula is C36H54O14. The van der Waals surface area contributed by atoms with E-state index in [0.717, 1.165) is 50.5 Å². The molecule has 6 N–H and O–H groups in total. The molecule has 0 aromatic rings. The maximum absolute atomic E-state index is 12.7. The van der Waals surface area contributed by atoms with Gasteiger partial charge in [-0.1, -0.05) is 13.8 Å². The predicted molar refractivity (Wildman–Crippen MR) is 170 cm³/mol. The van der Waals surface area contributed by atoms with Crippen molar-refractivity contribution in [2.24, 2.45) is 28.6 Å². The molecule has 0 bridgehead atoms. The van der Waals surface area contributed by atoms with Crippen molar-refractivity contribution in [3.05, 3.63) is 11.6 Å². The third kappa shape index (κ3) is 4.93. The Morgan fingerprint density at radius 2 is 1.66 bits per heavy atom. The lowest BCUT2D eigenvalue weighted by Gasteiger charge is -2.62. The van der Waals surface area contributed by atoms with Crippen LogP contribution in [0, 0.1) is 28.6 Å². The summed E-state index contributed by atoms with van der Waals surface area (Å²) in [5.74, 6) is 0.287. The average molecular weight is 711 g/mol. The van der Waals surface area contributed by atoms with Gasteiger partial charge < -0.3 is 63.8 Å². The number of aliphatic hydroxyl groups excluding tert-OH is 5. The van der Waals surface area contributed by atoms with Crippen LogP contribution in [0.15, 0.2) is 11.6 Å². The second-order valence-electron chi connectivity index (χ2n) is 16.9. The van der Waals surface area contributed by atoms with Crippen LogP contribution in [0.1, 0.15) is 72.1 Å². The van der Waals surface area contributed by atoms with Gasteiger partial charge in [-0.05, 0) is 87.0 Å². The van der Waals surface area contributed by atoms with E-state index in [1.807, 2.05) is 0 Å². The van der Waals surface area contributed by atoms with Crippen molar-refractivity contribution < 1.29 is 68.6 Å². The van der Waals surface area contributed by atoms with Gasteiger partial charge >= 0.3 is 5.97 Å². The number of ether oxygens (including phenoxy) is 7. The molecule has 4 aliphatic carbocycles. The molecule has 8 aliphatic rings. The van der Waals surface area contributed by atoms with E-state index in [-0.39, 0.29) is 35.4 Å². The van der Waals surface area contributed by atoms with E-state index in [2.05, 4.69) is 13.8 Å². The van der Waals surface area contributed by atoms with Crippen molar-refractivity contribution in [1.82, 2.24) is 0 Å². The fourth-order valence-electron chi connectivity index (χ4n) is 12.0. The van der Waals surface area contributed by atoms with E-state index in [0.29, 0.717) is 18.9 Å². The molecule has 50 heavy (non-hydrogen) atoms. The van der Waals surface area contributed by atoms with Crippen molar-refractivity contribution in [2.75, 3.05) is 20.3 Å². The van der Waals surface area contributed by atoms with Gasteiger partial charge in [-0.15, -0.1) is 0 Å². The normalized spacial score (nSPS) is 57.2. The first-order valence-corrected chi connectivity index (χ1v) is 18.5. The summed E-state index contributed by atoms with van der Waals surface area (Å²) in [6.07, 6.45) is -4.22. The summed E-state index contributed by atoms with van der Waals surface area (Å²) in [7, 11) is 1.43. The van der Waals surface area contributed by atoms with Gasteiger partial charge in [0.25, 0.3) is 0 Å². The molecule has 282 valence electrons. The molecule has 3 saturated heterocycles. The summed E-state index contributed by atoms with van der Waals surface area (Å²) >= 11 is 0. The topological polar surface area (TPSA) is 206 Å². The van der Waals surface area contributed by atoms with Crippen molar-refractivity contribution in [3.63, 3.8) is 0 Å². The lowest BCUT2D eigenvalue weighted by Crippen LogP contribution is -2.68. The molecule has 19 atom stereocenters. The second-order valence-corrected chi connectivity index (χ2v) is 16.9. The van der Waals surface area contributed by atoms with Crippen LogP contribution in [0.5, 0.6) is 0 Å². The lowest BCUT2D eigenvalue weighted by atomic mass is 9.43. The van der Waals surface area contributed by atoms with Gasteiger partial charge in [0.2, 0.25) is 0 Å². The van der Waals surface area contributed by atoms with Crippen LogP contribution >= 0.6 is 0 Å². The van der Waals surface area contributed by atoms with Crippen LogP contribution < -0.4 is 0 Å². The minimum Gasteiger partial charge on any atom is -0.458 e. The van der Waals surface area contributed by atoms with E-state index in [4.69, 9.17) is 33.2 Å². The summed E-state index contributed by atoms with van der Waals surface area (Å²) < 4.78 is 41.8. The first-order valence-electron chi connectivity index (χ1n) is 18.5. The Bertz CT molecular complexity index is 1360. The van der Waals surface area contributed by atoms with Gasteiger partial charge in [0.1, 0.15) is 60.5 Å². The number of aliphatic hydroxyl groups is 6. The van der Waals surface area contributed by atoms with Crippen molar-refractivity contribution in [1.29, 1.82) is 0 Å². The molecule has 0 aromatic carbocycles. The number of epoxide rings is 1. The number of methoxy groups -OCH3 is 1. The van der Waals surface area contributed by atoms with E-state index < -0.39 is 84.6 Å². The molecule has 8 rings (SSSR count). The summed E-state index contributed by atoms with van der Waals surface area (Å²) in [4.78, 5) is 11.9. The van der Waals surface area contributed by atoms with Crippen molar-refractivity contribution >= 4 is 5.97 Å². The van der Waals surface area contributed by atoms with Crippen LogP contribution in [0.2, 0.25) is 0 Å². The van der Waals surface area contributed by atoms with Gasteiger partial charge in [0.15, 0.2) is 12.6 Å². The van der Waals surface area contributed by atoms with Gasteiger partial charge in [-0.3, -0.25) is 0 Å². The fraction of sp³-hybridized carbons (Fsp3) is 0.917. The zero-order chi connectivity index (χ0) is 35.5. The van der Waals surface area contributed by atoms with E-state index in [9.17, 15) is 35.4 Å². The van der Waals surface area contributed by atoms with Crippen LogP contribution in [0.3, 0.4) is 0 Å². The van der Waals surface area contributed by atoms with Crippen molar-refractivity contribution in [2.45, 2.75) is 157 Å². The number of esters is 1. The maximum Gasteiger partial charge on any atom is 0.331 e. The fourth-order valence-corrected chi connectivity index (χ4v) is 12.0. The number of carbonyl (C=O) groups is 1. The summed E-state index contributed by atoms with van der Waals surface area (Å²) in [5.41, 5.74) is -1.02. The largest absolute Gasteiger partial charge is 0.458 e. The highest BCUT2D eigenvalue weighted by Gasteiger charge is 2.84. The van der Waals surface area contributed by atoms with Gasteiger partial charge in [0.05, 0.1) is 24.9 Å². The Kier molecular flexibility index (Phi) is 8.86. The Hall–Kier alpha value is -1.27. The quantitative estimate of drug-likeness (QED) is 0.118. The number of rotatable bonds is 7. The number of hydrogen-bond acceptors (Lipinski definition) is 14. The van der Waals surface area contributed by atoms with Gasteiger partial charge in [0, 0.05) is 18.6 Å². The molecule has 14 heteroatoms. The van der Waals surface area contributed by atoms with Crippen LogP contribution in [-0.4, -0.2) is 142 Å². The molecule has 4 saturated carbocycles. The molecule has 0 amide bonds. The van der Waals surface area contributed by atoms with Gasteiger partial charge in [-0.25, -0.2) is 4.79 Å². The third-order valence-electron chi connectivity index (χ3n) is 14.8. The summed E-state index contributed by atoms with van der Waals surface area (Å²) in [6.45, 7) is 6.00. The highest BCUT2D eigenvalue weighted by atomic mass is 16.7. The molecule has 0 aromatic heterocycles. The zero-order valence-corrected chi connectivity index (χ0v) is 29.3. The zero-order valence-electron chi connectivity index (χ0n) is 29.3. The van der Waals surface area contributed by atoms with Crippen LogP contribution in [-0.2, 0) is 38.0 Å². The first kappa shape index (κ1) is 35.7. The minimum atomic E-state index is -1.61. The maximum atomic E-state index is 12.7. The first-order chi connectivity index (χ1) is 23.7. The summed E-state index contributed by atoms with van der Waals surface area (Å²) in [5, 5.41) is 64.6. The monoisotopic (exact) mass is 710 g/mol. The highest BCUT2D eigenvalue weighted by Crippen LogP contribution is 2.77. The van der Waals surface area contributed by atoms with Crippen molar-refractivity contribution in [3.8, 4) is 0 Å². The smallest absolute Gasteiger partial charge is 0.331 e. The molecular weight excluding hydrogens is 656 g/mol. The molecule has 7 fully saturated rings.